The van der Waals surface area contributed by atoms with E-state index in [1.165, 1.54) is 0 Å². The van der Waals surface area contributed by atoms with Crippen LogP contribution in [-0.4, -0.2) is 34.5 Å². The van der Waals surface area contributed by atoms with Crippen LogP contribution in [-0.2, 0) is 9.47 Å². The monoisotopic (exact) mass is 275 g/mol. The Morgan fingerprint density at radius 2 is 2.05 bits per heavy atom. The zero-order valence-corrected chi connectivity index (χ0v) is 11.7. The maximum atomic E-state index is 11.8. The standard InChI is InChI=1S/C14H17N3O3/c1-4-20-14(18)12-15-13(10(2)19-3)17(16-12)11-8-6-5-7-9-11/h5-10H,4H2,1-3H3. The third-order valence-electron chi connectivity index (χ3n) is 2.81. The van der Waals surface area contributed by atoms with Crippen LogP contribution < -0.4 is 0 Å². The van der Waals surface area contributed by atoms with Gasteiger partial charge in [0, 0.05) is 7.11 Å². The van der Waals surface area contributed by atoms with Gasteiger partial charge in [0.1, 0.15) is 6.10 Å². The maximum Gasteiger partial charge on any atom is 0.378 e. The molecule has 0 saturated heterocycles. The Bertz CT molecular complexity index is 581. The molecule has 1 aromatic heterocycles. The molecule has 20 heavy (non-hydrogen) atoms. The molecular weight excluding hydrogens is 258 g/mol. The lowest BCUT2D eigenvalue weighted by Crippen LogP contribution is -2.08. The largest absolute Gasteiger partial charge is 0.460 e. The van der Waals surface area contributed by atoms with Gasteiger partial charge in [-0.05, 0) is 26.0 Å². The average molecular weight is 275 g/mol. The predicted molar refractivity (Wildman–Crippen MR) is 72.7 cm³/mol. The van der Waals surface area contributed by atoms with Gasteiger partial charge in [0.05, 0.1) is 12.3 Å². The van der Waals surface area contributed by atoms with Gasteiger partial charge in [-0.25, -0.2) is 14.5 Å². The molecule has 106 valence electrons. The van der Waals surface area contributed by atoms with E-state index in [0.29, 0.717) is 5.82 Å². The first-order valence-corrected chi connectivity index (χ1v) is 6.39. The number of carbonyl (C=O) groups is 1. The number of nitrogens with zero attached hydrogens (tertiary/aromatic N) is 3. The van der Waals surface area contributed by atoms with Crippen molar-refractivity contribution in [2.24, 2.45) is 0 Å². The van der Waals surface area contributed by atoms with E-state index in [-0.39, 0.29) is 18.5 Å². The van der Waals surface area contributed by atoms with Crippen LogP contribution in [0, 0.1) is 0 Å². The quantitative estimate of drug-likeness (QED) is 0.782. The zero-order chi connectivity index (χ0) is 14.5. The fraction of sp³-hybridized carbons (Fsp3) is 0.357. The normalized spacial score (nSPS) is 12.2. The Labute approximate surface area is 117 Å². The predicted octanol–water partition coefficient (Wildman–Crippen LogP) is 2.15. The van der Waals surface area contributed by atoms with Crippen molar-refractivity contribution in [3.63, 3.8) is 0 Å². The van der Waals surface area contributed by atoms with Crippen molar-refractivity contribution in [1.82, 2.24) is 14.8 Å². The van der Waals surface area contributed by atoms with Crippen molar-refractivity contribution in [2.75, 3.05) is 13.7 Å². The maximum absolute atomic E-state index is 11.8. The van der Waals surface area contributed by atoms with Crippen LogP contribution in [0.5, 0.6) is 0 Å². The van der Waals surface area contributed by atoms with Crippen molar-refractivity contribution in [3.8, 4) is 5.69 Å². The topological polar surface area (TPSA) is 66.2 Å². The van der Waals surface area contributed by atoms with Crippen LogP contribution in [0.4, 0.5) is 0 Å². The molecule has 2 aromatic rings. The molecule has 6 nitrogen and oxygen atoms in total. The number of hydrogen-bond acceptors (Lipinski definition) is 5. The molecule has 2 rings (SSSR count). The first-order chi connectivity index (χ1) is 9.67. The molecule has 0 amide bonds. The highest BCUT2D eigenvalue weighted by molar-refractivity contribution is 5.85. The molecule has 6 heteroatoms. The van der Waals surface area contributed by atoms with Crippen molar-refractivity contribution in [2.45, 2.75) is 20.0 Å². The first-order valence-electron chi connectivity index (χ1n) is 6.39. The molecule has 0 bridgehead atoms. The summed E-state index contributed by atoms with van der Waals surface area (Å²) in [6.07, 6.45) is -0.286. The summed E-state index contributed by atoms with van der Waals surface area (Å²) in [4.78, 5) is 16.0. The number of hydrogen-bond donors (Lipinski definition) is 0. The van der Waals surface area contributed by atoms with Gasteiger partial charge in [0.2, 0.25) is 0 Å². The van der Waals surface area contributed by atoms with E-state index in [0.717, 1.165) is 5.69 Å². The summed E-state index contributed by atoms with van der Waals surface area (Å²) < 4.78 is 11.8. The van der Waals surface area contributed by atoms with Crippen LogP contribution in [0.15, 0.2) is 30.3 Å². The summed E-state index contributed by atoms with van der Waals surface area (Å²) in [6, 6.07) is 9.46. The number of benzene rings is 1. The van der Waals surface area contributed by atoms with Gasteiger partial charge in [-0.3, -0.25) is 0 Å². The molecule has 1 aromatic carbocycles. The highest BCUT2D eigenvalue weighted by atomic mass is 16.5. The van der Waals surface area contributed by atoms with Crippen LogP contribution in [0.25, 0.3) is 5.69 Å². The summed E-state index contributed by atoms with van der Waals surface area (Å²) in [7, 11) is 1.58. The van der Waals surface area contributed by atoms with E-state index in [4.69, 9.17) is 9.47 Å². The minimum Gasteiger partial charge on any atom is -0.460 e. The van der Waals surface area contributed by atoms with Gasteiger partial charge in [-0.2, -0.15) is 0 Å². The number of esters is 1. The Hall–Kier alpha value is -2.21. The fourth-order valence-electron chi connectivity index (χ4n) is 1.73. The van der Waals surface area contributed by atoms with Crippen molar-refractivity contribution >= 4 is 5.97 Å². The number of ether oxygens (including phenoxy) is 2. The molecule has 0 N–H and O–H groups in total. The summed E-state index contributed by atoms with van der Waals surface area (Å²) >= 11 is 0. The second kappa shape index (κ2) is 6.29. The first kappa shape index (κ1) is 14.2. The minimum absolute atomic E-state index is 0.0367. The van der Waals surface area contributed by atoms with Gasteiger partial charge in [-0.15, -0.1) is 5.10 Å². The van der Waals surface area contributed by atoms with E-state index in [2.05, 4.69) is 10.1 Å². The summed E-state index contributed by atoms with van der Waals surface area (Å²) in [6.45, 7) is 3.87. The minimum atomic E-state index is -0.535. The molecule has 0 aliphatic carbocycles. The third-order valence-corrected chi connectivity index (χ3v) is 2.81. The Kier molecular flexibility index (Phi) is 4.47. The van der Waals surface area contributed by atoms with Crippen LogP contribution in [0.3, 0.4) is 0 Å². The SMILES string of the molecule is CCOC(=O)c1nc(C(C)OC)n(-c2ccccc2)n1. The van der Waals surface area contributed by atoms with Crippen molar-refractivity contribution < 1.29 is 14.3 Å². The molecule has 0 aliphatic rings. The molecule has 1 atom stereocenters. The second-order valence-electron chi connectivity index (χ2n) is 4.14. The van der Waals surface area contributed by atoms with Crippen LogP contribution in [0.2, 0.25) is 0 Å². The van der Waals surface area contributed by atoms with E-state index in [9.17, 15) is 4.79 Å². The van der Waals surface area contributed by atoms with E-state index >= 15 is 0 Å². The summed E-state index contributed by atoms with van der Waals surface area (Å²) in [5.74, 6) is 0.0584. The van der Waals surface area contributed by atoms with Crippen LogP contribution in [0.1, 0.15) is 36.4 Å². The highest BCUT2D eigenvalue weighted by Crippen LogP contribution is 2.18. The molecule has 1 heterocycles. The van der Waals surface area contributed by atoms with Crippen molar-refractivity contribution in [1.29, 1.82) is 0 Å². The lowest BCUT2D eigenvalue weighted by molar-refractivity contribution is 0.0511. The smallest absolute Gasteiger partial charge is 0.378 e. The molecular formula is C14H17N3O3. The summed E-state index contributed by atoms with van der Waals surface area (Å²) in [5, 5.41) is 4.22. The number of carbonyl (C=O) groups excluding carboxylic acids is 1. The second-order valence-corrected chi connectivity index (χ2v) is 4.14. The van der Waals surface area contributed by atoms with E-state index < -0.39 is 5.97 Å². The summed E-state index contributed by atoms with van der Waals surface area (Å²) in [5.41, 5.74) is 0.814. The molecule has 1 unspecified atom stereocenters. The van der Waals surface area contributed by atoms with E-state index in [1.54, 1.807) is 18.7 Å². The van der Waals surface area contributed by atoms with Gasteiger partial charge in [0.15, 0.2) is 5.82 Å². The Balaban J connectivity index is 2.46. The van der Waals surface area contributed by atoms with E-state index in [1.807, 2.05) is 37.3 Å². The molecule has 0 aliphatic heterocycles. The molecule has 0 saturated carbocycles. The average Bonchev–Trinajstić information content (AvgIpc) is 2.93. The van der Waals surface area contributed by atoms with Gasteiger partial charge < -0.3 is 9.47 Å². The zero-order valence-electron chi connectivity index (χ0n) is 11.7. The number of methoxy groups -OCH3 is 1. The Morgan fingerprint density at radius 1 is 1.35 bits per heavy atom. The van der Waals surface area contributed by atoms with Gasteiger partial charge in [-0.1, -0.05) is 18.2 Å². The number of aromatic nitrogens is 3. The molecule has 0 radical (unpaired) electrons. The van der Waals surface area contributed by atoms with Crippen molar-refractivity contribution in [3.05, 3.63) is 42.0 Å². The lowest BCUT2D eigenvalue weighted by Gasteiger charge is -2.10. The lowest BCUT2D eigenvalue weighted by atomic mass is 10.3. The third kappa shape index (κ3) is 2.85. The highest BCUT2D eigenvalue weighted by Gasteiger charge is 2.21. The molecule has 0 fully saturated rings. The number of para-hydroxylation sites is 1. The van der Waals surface area contributed by atoms with Crippen LogP contribution >= 0.6 is 0 Å². The van der Waals surface area contributed by atoms with Gasteiger partial charge >= 0.3 is 5.97 Å². The fourth-order valence-corrected chi connectivity index (χ4v) is 1.73. The van der Waals surface area contributed by atoms with Gasteiger partial charge in [0.25, 0.3) is 5.82 Å². The number of rotatable bonds is 5. The Morgan fingerprint density at radius 3 is 2.65 bits per heavy atom. The molecule has 0 spiro atoms.